The van der Waals surface area contributed by atoms with Gasteiger partial charge < -0.3 is 5.11 Å². The molecule has 0 radical (unpaired) electrons. The predicted octanol–water partition coefficient (Wildman–Crippen LogP) is 1.72. The van der Waals surface area contributed by atoms with Crippen LogP contribution in [0.15, 0.2) is 17.0 Å². The van der Waals surface area contributed by atoms with Gasteiger partial charge in [-0.15, -0.1) is 0 Å². The highest BCUT2D eigenvalue weighted by Crippen LogP contribution is 2.25. The third kappa shape index (κ3) is 2.70. The molecule has 1 N–H and O–H groups in total. The van der Waals surface area contributed by atoms with Crippen molar-refractivity contribution in [2.75, 3.05) is 13.2 Å². The number of carbonyl (C=O) groups is 1. The van der Waals surface area contributed by atoms with E-state index in [0.29, 0.717) is 17.7 Å². The lowest BCUT2D eigenvalue weighted by molar-refractivity contribution is -0.108. The molecule has 1 aliphatic rings. The van der Waals surface area contributed by atoms with E-state index in [0.717, 1.165) is 17.3 Å². The van der Waals surface area contributed by atoms with Crippen LogP contribution in [0, 0.1) is 13.8 Å². The molecule has 0 unspecified atom stereocenters. The van der Waals surface area contributed by atoms with Crippen LogP contribution in [0.4, 0.5) is 0 Å². The van der Waals surface area contributed by atoms with Crippen molar-refractivity contribution < 1.29 is 23.2 Å². The van der Waals surface area contributed by atoms with Crippen LogP contribution >= 0.6 is 0 Å². The van der Waals surface area contributed by atoms with Crippen molar-refractivity contribution >= 4 is 16.0 Å². The summed E-state index contributed by atoms with van der Waals surface area (Å²) in [7, 11) is -3.82. The second kappa shape index (κ2) is 5.51. The summed E-state index contributed by atoms with van der Waals surface area (Å²) in [6, 6.07) is 2.78. The van der Waals surface area contributed by atoms with Crippen LogP contribution < -0.4 is 0 Å². The van der Waals surface area contributed by atoms with Crippen molar-refractivity contribution in [1.82, 2.24) is 4.47 Å². The SMILES string of the molecule is Cc1cc(C)c(S(=O)(=O)N2CCCCO2)cc1C(=O)O. The smallest absolute Gasteiger partial charge is 0.335 e. The fourth-order valence-corrected chi connectivity index (χ4v) is 3.75. The minimum Gasteiger partial charge on any atom is -0.478 e. The van der Waals surface area contributed by atoms with E-state index >= 15 is 0 Å². The van der Waals surface area contributed by atoms with Gasteiger partial charge in [-0.1, -0.05) is 10.5 Å². The van der Waals surface area contributed by atoms with Crippen LogP contribution in [0.5, 0.6) is 0 Å². The number of hydrogen-bond donors (Lipinski definition) is 1. The molecular formula is C13H17NO5S. The van der Waals surface area contributed by atoms with E-state index in [1.165, 1.54) is 6.07 Å². The number of sulfonamides is 1. The lowest BCUT2D eigenvalue weighted by atomic mass is 10.1. The Bertz CT molecular complexity index is 632. The van der Waals surface area contributed by atoms with E-state index in [4.69, 9.17) is 9.94 Å². The molecule has 1 aromatic carbocycles. The summed E-state index contributed by atoms with van der Waals surface area (Å²) in [6.07, 6.45) is 1.55. The summed E-state index contributed by atoms with van der Waals surface area (Å²) in [4.78, 5) is 16.3. The van der Waals surface area contributed by atoms with Gasteiger partial charge >= 0.3 is 5.97 Å². The summed E-state index contributed by atoms with van der Waals surface area (Å²) < 4.78 is 26.0. The zero-order valence-electron chi connectivity index (χ0n) is 11.4. The first kappa shape index (κ1) is 15.0. The molecule has 7 heteroatoms. The number of hydrogen-bond acceptors (Lipinski definition) is 4. The first-order valence-electron chi connectivity index (χ1n) is 6.34. The quantitative estimate of drug-likeness (QED) is 0.918. The second-order valence-corrected chi connectivity index (χ2v) is 6.61. The van der Waals surface area contributed by atoms with Crippen LogP contribution in [0.2, 0.25) is 0 Å². The molecule has 1 heterocycles. The Morgan fingerprint density at radius 3 is 2.50 bits per heavy atom. The van der Waals surface area contributed by atoms with Gasteiger partial charge in [0.05, 0.1) is 17.1 Å². The van der Waals surface area contributed by atoms with Gasteiger partial charge in [-0.05, 0) is 43.9 Å². The monoisotopic (exact) mass is 299 g/mol. The highest BCUT2D eigenvalue weighted by molar-refractivity contribution is 7.89. The van der Waals surface area contributed by atoms with Crippen molar-refractivity contribution in [2.24, 2.45) is 0 Å². The molecule has 1 fully saturated rings. The molecule has 110 valence electrons. The number of aryl methyl sites for hydroxylation is 2. The molecule has 6 nitrogen and oxygen atoms in total. The largest absolute Gasteiger partial charge is 0.478 e. The van der Waals surface area contributed by atoms with Gasteiger partial charge in [-0.2, -0.15) is 0 Å². The fourth-order valence-electron chi connectivity index (χ4n) is 2.21. The summed E-state index contributed by atoms with van der Waals surface area (Å²) in [6.45, 7) is 3.94. The summed E-state index contributed by atoms with van der Waals surface area (Å²) in [5, 5.41) is 9.12. The Hall–Kier alpha value is -1.44. The van der Waals surface area contributed by atoms with E-state index in [2.05, 4.69) is 0 Å². The van der Waals surface area contributed by atoms with Crippen molar-refractivity contribution in [3.05, 3.63) is 28.8 Å². The van der Waals surface area contributed by atoms with Gasteiger partial charge in [0.15, 0.2) is 0 Å². The Morgan fingerprint density at radius 2 is 1.95 bits per heavy atom. The van der Waals surface area contributed by atoms with Gasteiger partial charge in [0.25, 0.3) is 10.0 Å². The molecule has 0 aromatic heterocycles. The molecule has 20 heavy (non-hydrogen) atoms. The molecular weight excluding hydrogens is 282 g/mol. The Kier molecular flexibility index (Phi) is 4.12. The van der Waals surface area contributed by atoms with Crippen molar-refractivity contribution in [1.29, 1.82) is 0 Å². The van der Waals surface area contributed by atoms with Crippen LogP contribution in [0.25, 0.3) is 0 Å². The van der Waals surface area contributed by atoms with Crippen molar-refractivity contribution in [3.63, 3.8) is 0 Å². The average Bonchev–Trinajstić information content (AvgIpc) is 2.39. The van der Waals surface area contributed by atoms with E-state index in [1.807, 2.05) is 0 Å². The predicted molar refractivity (Wildman–Crippen MR) is 72.0 cm³/mol. The number of aromatic carboxylic acids is 1. The highest BCUT2D eigenvalue weighted by atomic mass is 32.2. The van der Waals surface area contributed by atoms with E-state index in [9.17, 15) is 13.2 Å². The number of hydroxylamine groups is 1. The first-order chi connectivity index (χ1) is 9.34. The van der Waals surface area contributed by atoms with Crippen LogP contribution in [0.3, 0.4) is 0 Å². The third-order valence-corrected chi connectivity index (χ3v) is 5.09. The lowest BCUT2D eigenvalue weighted by Gasteiger charge is -2.26. The lowest BCUT2D eigenvalue weighted by Crippen LogP contribution is -2.36. The first-order valence-corrected chi connectivity index (χ1v) is 7.78. The molecule has 1 aromatic rings. The normalized spacial score (nSPS) is 17.1. The van der Waals surface area contributed by atoms with E-state index in [-0.39, 0.29) is 17.0 Å². The van der Waals surface area contributed by atoms with Crippen LogP contribution in [0.1, 0.15) is 34.3 Å². The molecule has 0 bridgehead atoms. The number of carboxylic acids is 1. The number of carboxylic acid groups (broad SMARTS) is 1. The molecule has 0 aliphatic carbocycles. The maximum atomic E-state index is 12.5. The number of benzene rings is 1. The fraction of sp³-hybridized carbons (Fsp3) is 0.462. The summed E-state index contributed by atoms with van der Waals surface area (Å²) in [5.41, 5.74) is 1.04. The van der Waals surface area contributed by atoms with E-state index in [1.54, 1.807) is 19.9 Å². The van der Waals surface area contributed by atoms with Crippen molar-refractivity contribution in [3.8, 4) is 0 Å². The molecule has 2 rings (SSSR count). The van der Waals surface area contributed by atoms with Crippen LogP contribution in [-0.4, -0.2) is 37.1 Å². The molecule has 1 saturated heterocycles. The number of rotatable bonds is 3. The van der Waals surface area contributed by atoms with Gasteiger partial charge in [0.1, 0.15) is 0 Å². The van der Waals surface area contributed by atoms with E-state index < -0.39 is 16.0 Å². The Labute approximate surface area is 118 Å². The standard InChI is InChI=1S/C13H17NO5S/c1-9-7-10(2)12(8-11(9)13(15)16)20(17,18)14-5-3-4-6-19-14/h7-8H,3-6H2,1-2H3,(H,15,16). The topological polar surface area (TPSA) is 83.9 Å². The molecule has 0 amide bonds. The minimum absolute atomic E-state index is 0.00816. The maximum absolute atomic E-state index is 12.5. The molecule has 0 atom stereocenters. The Morgan fingerprint density at radius 1 is 1.25 bits per heavy atom. The average molecular weight is 299 g/mol. The zero-order valence-corrected chi connectivity index (χ0v) is 12.2. The third-order valence-electron chi connectivity index (χ3n) is 3.27. The summed E-state index contributed by atoms with van der Waals surface area (Å²) in [5.74, 6) is -1.14. The molecule has 0 spiro atoms. The van der Waals surface area contributed by atoms with Gasteiger partial charge in [-0.25, -0.2) is 13.2 Å². The molecule has 0 saturated carbocycles. The second-order valence-electron chi connectivity index (χ2n) is 4.81. The summed E-state index contributed by atoms with van der Waals surface area (Å²) >= 11 is 0. The molecule has 1 aliphatic heterocycles. The van der Waals surface area contributed by atoms with Crippen molar-refractivity contribution in [2.45, 2.75) is 31.6 Å². The zero-order chi connectivity index (χ0) is 14.9. The Balaban J connectivity index is 2.50. The van der Waals surface area contributed by atoms with Crippen LogP contribution in [-0.2, 0) is 14.9 Å². The number of nitrogens with zero attached hydrogens (tertiary/aromatic N) is 1. The minimum atomic E-state index is -3.82. The highest BCUT2D eigenvalue weighted by Gasteiger charge is 2.30. The van der Waals surface area contributed by atoms with Gasteiger partial charge in [0.2, 0.25) is 0 Å². The maximum Gasteiger partial charge on any atom is 0.335 e. The van der Waals surface area contributed by atoms with Gasteiger partial charge in [0, 0.05) is 6.54 Å². The van der Waals surface area contributed by atoms with Gasteiger partial charge in [-0.3, -0.25) is 4.84 Å².